The lowest BCUT2D eigenvalue weighted by Gasteiger charge is -2.08. The van der Waals surface area contributed by atoms with Crippen molar-refractivity contribution in [3.8, 4) is 0 Å². The van der Waals surface area contributed by atoms with Gasteiger partial charge < -0.3 is 5.73 Å². The third-order valence-electron chi connectivity index (χ3n) is 2.00. The molecule has 1 aromatic carbocycles. The Balaban J connectivity index is 2.71. The normalized spacial score (nSPS) is 13.7. The minimum Gasteiger partial charge on any atom is -0.328 e. The van der Waals surface area contributed by atoms with E-state index in [1.807, 2.05) is 6.92 Å². The van der Waals surface area contributed by atoms with Crippen molar-refractivity contribution in [2.75, 3.05) is 6.54 Å². The van der Waals surface area contributed by atoms with E-state index < -0.39 is 10.0 Å². The van der Waals surface area contributed by atoms with Crippen LogP contribution in [0.25, 0.3) is 0 Å². The van der Waals surface area contributed by atoms with E-state index in [1.165, 1.54) is 12.1 Å². The van der Waals surface area contributed by atoms with E-state index in [9.17, 15) is 8.42 Å². The Hall–Kier alpha value is -0.620. The Kier molecular flexibility index (Phi) is 4.73. The van der Waals surface area contributed by atoms with E-state index in [-0.39, 0.29) is 10.9 Å². The van der Waals surface area contributed by atoms with Gasteiger partial charge in [0.2, 0.25) is 10.0 Å². The second-order valence-corrected chi connectivity index (χ2v) is 5.82. The van der Waals surface area contributed by atoms with Crippen LogP contribution in [0.5, 0.6) is 0 Å². The van der Waals surface area contributed by atoms with Gasteiger partial charge in [-0.05, 0) is 31.5 Å². The molecule has 1 rings (SSSR count). The summed E-state index contributed by atoms with van der Waals surface area (Å²) in [7, 11) is -3.47. The fourth-order valence-corrected chi connectivity index (χ4v) is 2.49. The van der Waals surface area contributed by atoms with E-state index in [1.54, 1.807) is 12.1 Å². The SMILES string of the molecule is CC(N)CCNS(=O)(=O)c1cccc(Cl)c1. The second-order valence-electron chi connectivity index (χ2n) is 3.62. The van der Waals surface area contributed by atoms with Crippen molar-refractivity contribution in [1.82, 2.24) is 4.72 Å². The number of sulfonamides is 1. The Morgan fingerprint density at radius 2 is 2.19 bits per heavy atom. The molecule has 0 radical (unpaired) electrons. The Bertz CT molecular complexity index is 446. The highest BCUT2D eigenvalue weighted by Crippen LogP contribution is 2.14. The molecule has 1 unspecified atom stereocenters. The summed E-state index contributed by atoms with van der Waals surface area (Å²) >= 11 is 5.72. The smallest absolute Gasteiger partial charge is 0.240 e. The molecular formula is C10H15ClN2O2S. The predicted octanol–water partition coefficient (Wildman–Crippen LogP) is 1.36. The molecule has 3 N–H and O–H groups in total. The van der Waals surface area contributed by atoms with Crippen LogP contribution in [0.15, 0.2) is 29.2 Å². The van der Waals surface area contributed by atoms with Crippen LogP contribution in [0, 0.1) is 0 Å². The lowest BCUT2D eigenvalue weighted by molar-refractivity contribution is 0.572. The zero-order valence-corrected chi connectivity index (χ0v) is 10.6. The van der Waals surface area contributed by atoms with Gasteiger partial charge in [-0.1, -0.05) is 17.7 Å². The van der Waals surface area contributed by atoms with E-state index in [0.717, 1.165) is 0 Å². The van der Waals surface area contributed by atoms with E-state index in [4.69, 9.17) is 17.3 Å². The molecule has 0 spiro atoms. The summed E-state index contributed by atoms with van der Waals surface area (Å²) in [6.07, 6.45) is 0.597. The van der Waals surface area contributed by atoms with Crippen molar-refractivity contribution in [3.63, 3.8) is 0 Å². The molecule has 16 heavy (non-hydrogen) atoms. The number of hydrogen-bond acceptors (Lipinski definition) is 3. The molecule has 0 saturated carbocycles. The molecule has 0 fully saturated rings. The van der Waals surface area contributed by atoms with E-state index >= 15 is 0 Å². The van der Waals surface area contributed by atoms with Crippen molar-refractivity contribution in [3.05, 3.63) is 29.3 Å². The average Bonchev–Trinajstić information content (AvgIpc) is 2.16. The molecule has 1 atom stereocenters. The predicted molar refractivity (Wildman–Crippen MR) is 64.9 cm³/mol. The highest BCUT2D eigenvalue weighted by atomic mass is 35.5. The van der Waals surface area contributed by atoms with Crippen molar-refractivity contribution in [2.45, 2.75) is 24.3 Å². The van der Waals surface area contributed by atoms with Crippen molar-refractivity contribution >= 4 is 21.6 Å². The largest absolute Gasteiger partial charge is 0.328 e. The molecule has 0 bridgehead atoms. The first kappa shape index (κ1) is 13.4. The van der Waals surface area contributed by atoms with Crippen molar-refractivity contribution in [1.29, 1.82) is 0 Å². The number of nitrogens with two attached hydrogens (primary N) is 1. The molecule has 4 nitrogen and oxygen atoms in total. The fourth-order valence-electron chi connectivity index (χ4n) is 1.14. The number of benzene rings is 1. The minimum atomic E-state index is -3.47. The molecule has 0 heterocycles. The van der Waals surface area contributed by atoms with Gasteiger partial charge in [0.25, 0.3) is 0 Å². The van der Waals surface area contributed by atoms with Crippen LogP contribution in [-0.4, -0.2) is 21.0 Å². The van der Waals surface area contributed by atoms with Gasteiger partial charge in [0.15, 0.2) is 0 Å². The molecule has 0 saturated heterocycles. The van der Waals surface area contributed by atoms with Gasteiger partial charge in [0, 0.05) is 17.6 Å². The molecule has 0 aliphatic rings. The highest BCUT2D eigenvalue weighted by Gasteiger charge is 2.13. The van der Waals surface area contributed by atoms with Gasteiger partial charge in [-0.3, -0.25) is 0 Å². The van der Waals surface area contributed by atoms with Crippen LogP contribution in [0.2, 0.25) is 5.02 Å². The Morgan fingerprint density at radius 3 is 2.75 bits per heavy atom. The Labute approximate surface area is 101 Å². The number of hydrogen-bond donors (Lipinski definition) is 2. The maximum atomic E-state index is 11.8. The monoisotopic (exact) mass is 262 g/mol. The van der Waals surface area contributed by atoms with Gasteiger partial charge in [0.05, 0.1) is 4.90 Å². The van der Waals surface area contributed by atoms with Gasteiger partial charge >= 0.3 is 0 Å². The summed E-state index contributed by atoms with van der Waals surface area (Å²) in [5, 5.41) is 0.398. The molecule has 0 amide bonds. The van der Waals surface area contributed by atoms with Gasteiger partial charge in [0.1, 0.15) is 0 Å². The van der Waals surface area contributed by atoms with Crippen LogP contribution in [0.1, 0.15) is 13.3 Å². The summed E-state index contributed by atoms with van der Waals surface area (Å²) in [6, 6.07) is 6.11. The summed E-state index contributed by atoms with van der Waals surface area (Å²) in [5.41, 5.74) is 5.53. The summed E-state index contributed by atoms with van der Waals surface area (Å²) in [4.78, 5) is 0.171. The van der Waals surface area contributed by atoms with Crippen LogP contribution < -0.4 is 10.5 Å². The van der Waals surface area contributed by atoms with Gasteiger partial charge in [-0.25, -0.2) is 13.1 Å². The molecule has 0 aliphatic carbocycles. The zero-order valence-electron chi connectivity index (χ0n) is 8.98. The molecule has 6 heteroatoms. The lowest BCUT2D eigenvalue weighted by Crippen LogP contribution is -2.29. The third-order valence-corrected chi connectivity index (χ3v) is 3.69. The molecule has 1 aromatic rings. The first-order valence-electron chi connectivity index (χ1n) is 4.92. The third kappa shape index (κ3) is 4.09. The van der Waals surface area contributed by atoms with Crippen LogP contribution >= 0.6 is 11.6 Å². The number of rotatable bonds is 5. The first-order valence-corrected chi connectivity index (χ1v) is 6.79. The summed E-state index contributed by atoms with van der Waals surface area (Å²) in [5.74, 6) is 0. The van der Waals surface area contributed by atoms with E-state index in [2.05, 4.69) is 4.72 Å². The van der Waals surface area contributed by atoms with Gasteiger partial charge in [-0.2, -0.15) is 0 Å². The molecular weight excluding hydrogens is 248 g/mol. The summed E-state index contributed by atoms with van der Waals surface area (Å²) < 4.78 is 26.0. The topological polar surface area (TPSA) is 72.2 Å². The number of nitrogens with one attached hydrogen (secondary N) is 1. The Morgan fingerprint density at radius 1 is 1.50 bits per heavy atom. The zero-order chi connectivity index (χ0) is 12.2. The van der Waals surface area contributed by atoms with E-state index in [0.29, 0.717) is 18.0 Å². The van der Waals surface area contributed by atoms with Crippen LogP contribution in [-0.2, 0) is 10.0 Å². The van der Waals surface area contributed by atoms with Crippen LogP contribution in [0.3, 0.4) is 0 Å². The van der Waals surface area contributed by atoms with Crippen molar-refractivity contribution in [2.24, 2.45) is 5.73 Å². The fraction of sp³-hybridized carbons (Fsp3) is 0.400. The molecule has 0 aromatic heterocycles. The average molecular weight is 263 g/mol. The van der Waals surface area contributed by atoms with Crippen molar-refractivity contribution < 1.29 is 8.42 Å². The highest BCUT2D eigenvalue weighted by molar-refractivity contribution is 7.89. The molecule has 0 aliphatic heterocycles. The quantitative estimate of drug-likeness (QED) is 0.842. The summed E-state index contributed by atoms with van der Waals surface area (Å²) in [6.45, 7) is 2.15. The lowest BCUT2D eigenvalue weighted by atomic mass is 10.3. The second kappa shape index (κ2) is 5.63. The maximum Gasteiger partial charge on any atom is 0.240 e. The first-order chi connectivity index (χ1) is 7.42. The van der Waals surface area contributed by atoms with Gasteiger partial charge in [-0.15, -0.1) is 0 Å². The standard InChI is InChI=1S/C10H15ClN2O2S/c1-8(12)5-6-13-16(14,15)10-4-2-3-9(11)7-10/h2-4,7-8,13H,5-6,12H2,1H3. The molecule has 90 valence electrons. The van der Waals surface area contributed by atoms with Crippen LogP contribution in [0.4, 0.5) is 0 Å². The minimum absolute atomic E-state index is 0.0259. The number of halogens is 1. The maximum absolute atomic E-state index is 11.8.